The molecular weight excluding hydrogens is 290 g/mol. The Balaban J connectivity index is 2.05. The summed E-state index contributed by atoms with van der Waals surface area (Å²) in [6.07, 6.45) is 6.74. The Bertz CT molecular complexity index is 105. The van der Waals surface area contributed by atoms with Gasteiger partial charge in [-0.15, -0.1) is 0 Å². The summed E-state index contributed by atoms with van der Waals surface area (Å²) in [7, 11) is 11.3. The average Bonchev–Trinajstić information content (AvgIpc) is 2.03. The fraction of sp³-hybridized carbons (Fsp3) is 1.00. The van der Waals surface area contributed by atoms with Gasteiger partial charge in [-0.25, -0.2) is 0 Å². The van der Waals surface area contributed by atoms with E-state index in [-0.39, 0.29) is 0 Å². The predicted octanol–water partition coefficient (Wildman–Crippen LogP) is 2.78. The monoisotopic (exact) mass is 304 g/mol. The average molecular weight is 304 g/mol. The Hall–Kier alpha value is 1.34. The first kappa shape index (κ1) is 10.4. The first-order valence-corrected chi connectivity index (χ1v) is 13.9. The van der Waals surface area contributed by atoms with Crippen LogP contribution in [0, 0.1) is 5.92 Å². The van der Waals surface area contributed by atoms with E-state index >= 15 is 0 Å². The second-order valence-corrected chi connectivity index (χ2v) is 12.4. The van der Waals surface area contributed by atoms with Crippen LogP contribution < -0.4 is 0 Å². The maximum absolute atomic E-state index is 5.65. The van der Waals surface area contributed by atoms with E-state index in [1.54, 1.807) is 0 Å². The summed E-state index contributed by atoms with van der Waals surface area (Å²) in [5.41, 5.74) is 0. The van der Waals surface area contributed by atoms with Crippen molar-refractivity contribution in [2.45, 2.75) is 32.1 Å². The number of rotatable bonds is 3. The third kappa shape index (κ3) is 4.81. The molecule has 0 aliphatic heterocycles. The van der Waals surface area contributed by atoms with Crippen molar-refractivity contribution >= 4 is 35.8 Å². The van der Waals surface area contributed by atoms with Gasteiger partial charge in [0.05, 0.1) is 0 Å². The molecule has 0 saturated heterocycles. The SMILES string of the molecule is [Cl][SnH]([Cl])[O]CC1CCCCC1. The predicted molar refractivity (Wildman–Crippen MR) is 51.4 cm³/mol. The Morgan fingerprint density at radius 2 is 1.82 bits per heavy atom. The molecule has 1 aliphatic rings. The standard InChI is InChI=1S/C7H13O.2ClH.Sn.H/c8-6-7-4-2-1-3-5-7;;;;/h7H,1-6H2;2*1H;;/q-1;;;+3;/p-2. The van der Waals surface area contributed by atoms with E-state index in [4.69, 9.17) is 20.9 Å². The molecule has 1 nitrogen and oxygen atoms in total. The van der Waals surface area contributed by atoms with E-state index < -0.39 is 17.9 Å². The molecule has 0 amide bonds. The first-order chi connectivity index (χ1) is 5.29. The van der Waals surface area contributed by atoms with Gasteiger partial charge in [0, 0.05) is 0 Å². The Labute approximate surface area is 83.1 Å². The molecular formula is C7H14Cl2OSn. The maximum atomic E-state index is 5.65. The second-order valence-electron chi connectivity index (χ2n) is 3.10. The molecule has 0 spiro atoms. The van der Waals surface area contributed by atoms with Crippen molar-refractivity contribution in [3.8, 4) is 0 Å². The molecule has 1 aliphatic carbocycles. The van der Waals surface area contributed by atoms with Crippen LogP contribution in [0.5, 0.6) is 0 Å². The van der Waals surface area contributed by atoms with Crippen LogP contribution in [-0.4, -0.2) is 24.5 Å². The molecule has 0 atom stereocenters. The van der Waals surface area contributed by atoms with Crippen LogP contribution in [0.25, 0.3) is 0 Å². The van der Waals surface area contributed by atoms with Crippen LogP contribution >= 0.6 is 17.8 Å². The van der Waals surface area contributed by atoms with Crippen molar-refractivity contribution in [3.05, 3.63) is 0 Å². The van der Waals surface area contributed by atoms with E-state index in [1.165, 1.54) is 32.1 Å². The molecule has 1 rings (SSSR count). The van der Waals surface area contributed by atoms with Gasteiger partial charge in [-0.2, -0.15) is 0 Å². The molecule has 0 radical (unpaired) electrons. The fourth-order valence-corrected chi connectivity index (χ4v) is 3.73. The quantitative estimate of drug-likeness (QED) is 0.729. The van der Waals surface area contributed by atoms with E-state index in [1.807, 2.05) is 0 Å². The van der Waals surface area contributed by atoms with Gasteiger partial charge in [0.2, 0.25) is 0 Å². The van der Waals surface area contributed by atoms with Crippen LogP contribution in [0.1, 0.15) is 32.1 Å². The van der Waals surface area contributed by atoms with Crippen molar-refractivity contribution in [2.75, 3.05) is 6.61 Å². The summed E-state index contributed by atoms with van der Waals surface area (Å²) in [6, 6.07) is 0. The zero-order chi connectivity index (χ0) is 8.10. The molecule has 66 valence electrons. The van der Waals surface area contributed by atoms with Crippen LogP contribution in [0.15, 0.2) is 0 Å². The molecule has 1 saturated carbocycles. The van der Waals surface area contributed by atoms with Gasteiger partial charge in [-0.3, -0.25) is 0 Å². The Morgan fingerprint density at radius 1 is 1.18 bits per heavy atom. The van der Waals surface area contributed by atoms with E-state index in [9.17, 15) is 0 Å². The number of hydrogen-bond donors (Lipinski definition) is 0. The molecule has 0 heterocycles. The van der Waals surface area contributed by atoms with Gasteiger partial charge in [0.25, 0.3) is 0 Å². The normalized spacial score (nSPS) is 21.0. The van der Waals surface area contributed by atoms with Crippen molar-refractivity contribution in [1.29, 1.82) is 0 Å². The van der Waals surface area contributed by atoms with E-state index in [0.29, 0.717) is 0 Å². The molecule has 0 unspecified atom stereocenters. The number of hydrogen-bond acceptors (Lipinski definition) is 1. The fourth-order valence-electron chi connectivity index (χ4n) is 1.56. The van der Waals surface area contributed by atoms with Gasteiger partial charge in [0.1, 0.15) is 0 Å². The van der Waals surface area contributed by atoms with Crippen LogP contribution in [-0.2, 0) is 3.07 Å². The first-order valence-electron chi connectivity index (χ1n) is 4.19. The third-order valence-electron chi connectivity index (χ3n) is 2.18. The summed E-state index contributed by atoms with van der Waals surface area (Å²) < 4.78 is 5.32. The Morgan fingerprint density at radius 3 is 2.36 bits per heavy atom. The molecule has 0 aromatic rings. The van der Waals surface area contributed by atoms with Crippen molar-refractivity contribution in [1.82, 2.24) is 0 Å². The summed E-state index contributed by atoms with van der Waals surface area (Å²) >= 11 is -2.39. The minimum atomic E-state index is -2.39. The van der Waals surface area contributed by atoms with Gasteiger partial charge in [0.15, 0.2) is 0 Å². The number of halogens is 2. The van der Waals surface area contributed by atoms with Gasteiger partial charge in [-0.05, 0) is 0 Å². The van der Waals surface area contributed by atoms with Crippen molar-refractivity contribution in [3.63, 3.8) is 0 Å². The van der Waals surface area contributed by atoms with Crippen LogP contribution in [0.2, 0.25) is 0 Å². The molecule has 0 N–H and O–H groups in total. The zero-order valence-electron chi connectivity index (χ0n) is 6.56. The topological polar surface area (TPSA) is 9.23 Å². The van der Waals surface area contributed by atoms with Crippen LogP contribution in [0.4, 0.5) is 0 Å². The summed E-state index contributed by atoms with van der Waals surface area (Å²) in [5.74, 6) is 0.750. The third-order valence-corrected chi connectivity index (χ3v) is 5.14. The van der Waals surface area contributed by atoms with E-state index in [0.717, 1.165) is 12.5 Å². The van der Waals surface area contributed by atoms with E-state index in [2.05, 4.69) is 0 Å². The van der Waals surface area contributed by atoms with Crippen LogP contribution in [0.3, 0.4) is 0 Å². The zero-order valence-corrected chi connectivity index (χ0v) is 11.4. The van der Waals surface area contributed by atoms with Crippen molar-refractivity contribution < 1.29 is 3.07 Å². The summed E-state index contributed by atoms with van der Waals surface area (Å²) in [4.78, 5) is 0. The summed E-state index contributed by atoms with van der Waals surface area (Å²) in [5, 5.41) is 0. The van der Waals surface area contributed by atoms with Gasteiger partial charge in [-0.1, -0.05) is 0 Å². The summed E-state index contributed by atoms with van der Waals surface area (Å²) in [6.45, 7) is 0.827. The molecule has 11 heavy (non-hydrogen) atoms. The molecule has 0 aromatic carbocycles. The van der Waals surface area contributed by atoms with Gasteiger partial charge < -0.3 is 0 Å². The van der Waals surface area contributed by atoms with Gasteiger partial charge >= 0.3 is 83.5 Å². The molecule has 0 bridgehead atoms. The second kappa shape index (κ2) is 5.89. The Kier molecular flexibility index (Phi) is 5.58. The minimum absolute atomic E-state index is 0.750. The molecule has 1 fully saturated rings. The van der Waals surface area contributed by atoms with Crippen molar-refractivity contribution in [2.24, 2.45) is 5.92 Å². The molecule has 0 aromatic heterocycles. The molecule has 4 heteroatoms.